The van der Waals surface area contributed by atoms with Crippen molar-refractivity contribution in [3.63, 3.8) is 0 Å². The quantitative estimate of drug-likeness (QED) is 0.576. The minimum absolute atomic E-state index is 0.247. The molecule has 8 heteroatoms. The molecular weight excluding hydrogens is 356 g/mol. The molecule has 1 N–H and O–H groups in total. The molecule has 0 saturated heterocycles. The molecule has 3 aromatic heterocycles. The molecule has 28 heavy (non-hydrogen) atoms. The molecule has 140 valence electrons. The van der Waals surface area contributed by atoms with Gasteiger partial charge in [-0.3, -0.25) is 4.98 Å². The lowest BCUT2D eigenvalue weighted by molar-refractivity contribution is 0.292. The molecule has 0 radical (unpaired) electrons. The van der Waals surface area contributed by atoms with Crippen molar-refractivity contribution in [2.75, 3.05) is 0 Å². The van der Waals surface area contributed by atoms with E-state index in [2.05, 4.69) is 25.5 Å². The lowest BCUT2D eigenvalue weighted by Gasteiger charge is -2.13. The lowest BCUT2D eigenvalue weighted by Crippen LogP contribution is -2.18. The van der Waals surface area contributed by atoms with E-state index in [1.807, 2.05) is 56.3 Å². The van der Waals surface area contributed by atoms with E-state index < -0.39 is 5.69 Å². The van der Waals surface area contributed by atoms with Crippen molar-refractivity contribution in [1.82, 2.24) is 30.2 Å². The highest BCUT2D eigenvalue weighted by molar-refractivity contribution is 5.61. The molecule has 0 bridgehead atoms. The first-order chi connectivity index (χ1) is 13.6. The molecule has 0 atom stereocenters. The van der Waals surface area contributed by atoms with Crippen molar-refractivity contribution >= 4 is 0 Å². The smallest absolute Gasteiger partial charge is 0.365 e. The van der Waals surface area contributed by atoms with Gasteiger partial charge < -0.3 is 4.74 Å². The zero-order valence-electron chi connectivity index (χ0n) is 15.5. The van der Waals surface area contributed by atoms with Gasteiger partial charge in [-0.2, -0.15) is 4.68 Å². The van der Waals surface area contributed by atoms with Gasteiger partial charge >= 0.3 is 5.69 Å². The fraction of sp³-hybridized carbons (Fsp3) is 0.150. The van der Waals surface area contributed by atoms with E-state index in [-0.39, 0.29) is 6.61 Å². The van der Waals surface area contributed by atoms with Crippen LogP contribution in [0.2, 0.25) is 0 Å². The van der Waals surface area contributed by atoms with Gasteiger partial charge in [-0.15, -0.1) is 0 Å². The monoisotopic (exact) mass is 374 g/mol. The average molecular weight is 374 g/mol. The van der Waals surface area contributed by atoms with Crippen molar-refractivity contribution in [2.45, 2.75) is 20.5 Å². The molecule has 4 aromatic rings. The summed E-state index contributed by atoms with van der Waals surface area (Å²) < 4.78 is 7.13. The fourth-order valence-corrected chi connectivity index (χ4v) is 2.99. The van der Waals surface area contributed by atoms with Crippen molar-refractivity contribution in [2.24, 2.45) is 0 Å². The second-order valence-corrected chi connectivity index (χ2v) is 6.28. The van der Waals surface area contributed by atoms with Crippen molar-refractivity contribution in [3.05, 3.63) is 82.0 Å². The molecule has 0 aliphatic carbocycles. The van der Waals surface area contributed by atoms with Gasteiger partial charge in [0.1, 0.15) is 6.61 Å². The Morgan fingerprint density at radius 1 is 1.07 bits per heavy atom. The van der Waals surface area contributed by atoms with Crippen LogP contribution in [0.5, 0.6) is 5.88 Å². The van der Waals surface area contributed by atoms with Crippen LogP contribution in [-0.4, -0.2) is 30.2 Å². The molecule has 1 aromatic carbocycles. The predicted octanol–water partition coefficient (Wildman–Crippen LogP) is 2.61. The van der Waals surface area contributed by atoms with E-state index in [9.17, 15) is 4.79 Å². The van der Waals surface area contributed by atoms with Gasteiger partial charge in [-0.05, 0) is 54.1 Å². The molecule has 0 amide bonds. The Balaban J connectivity index is 1.60. The number of nitrogens with one attached hydrogen (secondary N) is 1. The van der Waals surface area contributed by atoms with Gasteiger partial charge in [-0.25, -0.2) is 14.9 Å². The number of nitrogens with zero attached hydrogens (tertiary/aromatic N) is 5. The Kier molecular flexibility index (Phi) is 4.67. The van der Waals surface area contributed by atoms with Crippen molar-refractivity contribution in [1.29, 1.82) is 0 Å². The minimum Gasteiger partial charge on any atom is -0.473 e. The zero-order valence-corrected chi connectivity index (χ0v) is 15.5. The summed E-state index contributed by atoms with van der Waals surface area (Å²) in [6.07, 6.45) is 1.75. The van der Waals surface area contributed by atoms with Crippen LogP contribution in [0.15, 0.2) is 59.5 Å². The molecular formula is C20H18N6O2. The summed E-state index contributed by atoms with van der Waals surface area (Å²) in [4.78, 5) is 20.8. The summed E-state index contributed by atoms with van der Waals surface area (Å²) >= 11 is 0. The number of aromatic amines is 1. The fourth-order valence-electron chi connectivity index (χ4n) is 2.99. The van der Waals surface area contributed by atoms with E-state index in [1.54, 1.807) is 12.3 Å². The summed E-state index contributed by atoms with van der Waals surface area (Å²) in [5.74, 6) is 0.499. The maximum absolute atomic E-state index is 11.9. The number of benzene rings is 1. The van der Waals surface area contributed by atoms with E-state index in [0.29, 0.717) is 11.6 Å². The number of tetrazole rings is 1. The van der Waals surface area contributed by atoms with E-state index >= 15 is 0 Å². The van der Waals surface area contributed by atoms with Crippen LogP contribution < -0.4 is 10.4 Å². The number of hydrogen-bond donors (Lipinski definition) is 1. The highest BCUT2D eigenvalue weighted by Crippen LogP contribution is 2.24. The zero-order chi connectivity index (χ0) is 19.5. The standard InChI is InChI=1S/C20H18N6O2/c1-13-6-5-8-18(26-20(27)23-24-25-26)16(13)12-28-19-10-9-15(14(2)22-19)17-7-3-4-11-21-17/h3-11H,12H2,1-2H3,(H,23,25,27). The van der Waals surface area contributed by atoms with Gasteiger partial charge in [0.2, 0.25) is 5.88 Å². The van der Waals surface area contributed by atoms with Gasteiger partial charge in [0.25, 0.3) is 0 Å². The number of hydrogen-bond acceptors (Lipinski definition) is 6. The molecule has 0 spiro atoms. The van der Waals surface area contributed by atoms with Crippen LogP contribution in [0.3, 0.4) is 0 Å². The Bertz CT molecular complexity index is 1170. The highest BCUT2D eigenvalue weighted by atomic mass is 16.5. The first-order valence-corrected chi connectivity index (χ1v) is 8.74. The summed E-state index contributed by atoms with van der Waals surface area (Å²) in [6.45, 7) is 4.12. The maximum Gasteiger partial charge on any atom is 0.365 e. The molecule has 0 fully saturated rings. The number of aryl methyl sites for hydroxylation is 2. The second kappa shape index (κ2) is 7.43. The first-order valence-electron chi connectivity index (χ1n) is 8.74. The van der Waals surface area contributed by atoms with Crippen molar-refractivity contribution in [3.8, 4) is 22.8 Å². The lowest BCUT2D eigenvalue weighted by atomic mass is 10.1. The van der Waals surface area contributed by atoms with Crippen LogP contribution in [-0.2, 0) is 6.61 Å². The van der Waals surface area contributed by atoms with Gasteiger partial charge in [-0.1, -0.05) is 18.2 Å². The summed E-state index contributed by atoms with van der Waals surface area (Å²) in [6, 6.07) is 15.1. The third-order valence-electron chi connectivity index (χ3n) is 4.45. The molecule has 3 heterocycles. The molecule has 0 aliphatic heterocycles. The van der Waals surface area contributed by atoms with E-state index in [4.69, 9.17) is 4.74 Å². The molecule has 0 saturated carbocycles. The largest absolute Gasteiger partial charge is 0.473 e. The van der Waals surface area contributed by atoms with Crippen molar-refractivity contribution < 1.29 is 4.74 Å². The molecule has 8 nitrogen and oxygen atoms in total. The first kappa shape index (κ1) is 17.6. The maximum atomic E-state index is 11.9. The van der Waals surface area contributed by atoms with Crippen LogP contribution in [0.25, 0.3) is 16.9 Å². The molecule has 0 aliphatic rings. The summed E-state index contributed by atoms with van der Waals surface area (Å²) in [7, 11) is 0. The Labute approximate surface area is 160 Å². The topological polar surface area (TPSA) is 98.6 Å². The van der Waals surface area contributed by atoms with Gasteiger partial charge in [0.05, 0.1) is 17.1 Å². The highest BCUT2D eigenvalue weighted by Gasteiger charge is 2.13. The summed E-state index contributed by atoms with van der Waals surface area (Å²) in [5, 5.41) is 9.68. The van der Waals surface area contributed by atoms with Crippen LogP contribution >= 0.6 is 0 Å². The number of ether oxygens (including phenoxy) is 1. The molecule has 4 rings (SSSR count). The number of aromatic nitrogens is 6. The molecule has 0 unspecified atom stereocenters. The van der Waals surface area contributed by atoms with Gasteiger partial charge in [0, 0.05) is 23.4 Å². The van der Waals surface area contributed by atoms with Crippen LogP contribution in [0, 0.1) is 13.8 Å². The predicted molar refractivity (Wildman–Crippen MR) is 103 cm³/mol. The average Bonchev–Trinajstić information content (AvgIpc) is 3.13. The Hall–Kier alpha value is -3.81. The van der Waals surface area contributed by atoms with Crippen LogP contribution in [0.4, 0.5) is 0 Å². The number of rotatable bonds is 5. The van der Waals surface area contributed by atoms with Crippen LogP contribution in [0.1, 0.15) is 16.8 Å². The minimum atomic E-state index is -0.402. The van der Waals surface area contributed by atoms with E-state index in [0.717, 1.165) is 28.1 Å². The number of pyridine rings is 2. The second-order valence-electron chi connectivity index (χ2n) is 6.28. The Morgan fingerprint density at radius 3 is 2.68 bits per heavy atom. The summed E-state index contributed by atoms with van der Waals surface area (Å²) in [5.41, 5.74) is 4.69. The Morgan fingerprint density at radius 2 is 1.96 bits per heavy atom. The number of H-pyrrole nitrogens is 1. The SMILES string of the molecule is Cc1cccc(-n2nn[nH]c2=O)c1COc1ccc(-c2ccccn2)c(C)n1. The normalized spacial score (nSPS) is 10.8. The third-order valence-corrected chi connectivity index (χ3v) is 4.45. The van der Waals surface area contributed by atoms with E-state index in [1.165, 1.54) is 4.68 Å². The third kappa shape index (κ3) is 3.39. The van der Waals surface area contributed by atoms with Gasteiger partial charge in [0.15, 0.2) is 0 Å².